The molecule has 26 heavy (non-hydrogen) atoms. The highest BCUT2D eigenvalue weighted by Crippen LogP contribution is 2.29. The molecule has 2 aromatic carbocycles. The molecular weight excluding hydrogens is 348 g/mol. The summed E-state index contributed by atoms with van der Waals surface area (Å²) < 4.78 is 10.4. The van der Waals surface area contributed by atoms with E-state index in [4.69, 9.17) is 9.47 Å². The highest BCUT2D eigenvalue weighted by molar-refractivity contribution is 7.14. The average molecular weight is 368 g/mol. The number of carbonyl (C=O) groups is 1. The van der Waals surface area contributed by atoms with Crippen LogP contribution in [0.25, 0.3) is 11.3 Å². The Morgan fingerprint density at radius 1 is 1.04 bits per heavy atom. The first-order valence-electron chi connectivity index (χ1n) is 8.07. The second-order valence-electron chi connectivity index (χ2n) is 5.91. The number of benzene rings is 2. The smallest absolute Gasteiger partial charge is 0.257 e. The Bertz CT molecular complexity index is 928. The first-order chi connectivity index (χ1) is 12.5. The highest BCUT2D eigenvalue weighted by atomic mass is 32.1. The molecule has 1 aromatic heterocycles. The fraction of sp³-hybridized carbons (Fsp3) is 0.200. The van der Waals surface area contributed by atoms with Crippen molar-refractivity contribution in [3.63, 3.8) is 0 Å². The molecule has 0 spiro atoms. The van der Waals surface area contributed by atoms with Crippen LogP contribution in [-0.4, -0.2) is 25.1 Å². The number of hydrogen-bond acceptors (Lipinski definition) is 5. The molecule has 1 heterocycles. The number of carbonyl (C=O) groups excluding carboxylic acids is 1. The van der Waals surface area contributed by atoms with Crippen LogP contribution in [0.1, 0.15) is 21.5 Å². The maximum atomic E-state index is 12.6. The zero-order valence-electron chi connectivity index (χ0n) is 15.1. The van der Waals surface area contributed by atoms with Gasteiger partial charge in [-0.25, -0.2) is 4.98 Å². The summed E-state index contributed by atoms with van der Waals surface area (Å²) >= 11 is 1.40. The number of amides is 1. The van der Waals surface area contributed by atoms with Gasteiger partial charge in [-0.15, -0.1) is 11.3 Å². The molecule has 0 aliphatic carbocycles. The van der Waals surface area contributed by atoms with Gasteiger partial charge in [0.05, 0.1) is 19.9 Å². The number of aryl methyl sites for hydroxylation is 2. The molecule has 0 saturated heterocycles. The molecule has 1 N–H and O–H groups in total. The van der Waals surface area contributed by atoms with E-state index >= 15 is 0 Å². The number of ether oxygens (including phenoxy) is 2. The minimum absolute atomic E-state index is 0.260. The molecule has 0 aliphatic rings. The van der Waals surface area contributed by atoms with Crippen LogP contribution in [-0.2, 0) is 0 Å². The number of nitrogens with one attached hydrogen (secondary N) is 1. The summed E-state index contributed by atoms with van der Waals surface area (Å²) in [6.45, 7) is 4.10. The van der Waals surface area contributed by atoms with Gasteiger partial charge < -0.3 is 9.47 Å². The van der Waals surface area contributed by atoms with Crippen molar-refractivity contribution in [3.05, 3.63) is 58.5 Å². The predicted molar refractivity (Wildman–Crippen MR) is 105 cm³/mol. The Kier molecular flexibility index (Phi) is 5.23. The zero-order chi connectivity index (χ0) is 18.7. The Labute approximate surface area is 156 Å². The first kappa shape index (κ1) is 17.9. The van der Waals surface area contributed by atoms with Crippen molar-refractivity contribution in [1.29, 1.82) is 0 Å². The van der Waals surface area contributed by atoms with Crippen LogP contribution >= 0.6 is 11.3 Å². The summed E-state index contributed by atoms with van der Waals surface area (Å²) in [4.78, 5) is 17.1. The lowest BCUT2D eigenvalue weighted by Gasteiger charge is -2.08. The van der Waals surface area contributed by atoms with Crippen LogP contribution in [0.5, 0.6) is 11.5 Å². The normalized spacial score (nSPS) is 10.5. The monoisotopic (exact) mass is 368 g/mol. The molecule has 1 amide bonds. The van der Waals surface area contributed by atoms with Crippen molar-refractivity contribution in [2.24, 2.45) is 0 Å². The number of hydrogen-bond donors (Lipinski definition) is 1. The Morgan fingerprint density at radius 2 is 1.73 bits per heavy atom. The van der Waals surface area contributed by atoms with Crippen molar-refractivity contribution in [2.75, 3.05) is 19.5 Å². The van der Waals surface area contributed by atoms with E-state index < -0.39 is 0 Å². The van der Waals surface area contributed by atoms with Gasteiger partial charge in [-0.05, 0) is 37.6 Å². The summed E-state index contributed by atoms with van der Waals surface area (Å²) in [5.74, 6) is 0.860. The highest BCUT2D eigenvalue weighted by Gasteiger charge is 2.13. The lowest BCUT2D eigenvalue weighted by Crippen LogP contribution is -2.12. The van der Waals surface area contributed by atoms with Crippen molar-refractivity contribution >= 4 is 22.4 Å². The van der Waals surface area contributed by atoms with Crippen LogP contribution in [0.4, 0.5) is 5.13 Å². The Morgan fingerprint density at radius 3 is 2.38 bits per heavy atom. The average Bonchev–Trinajstić information content (AvgIpc) is 3.11. The molecule has 0 saturated carbocycles. The minimum atomic E-state index is -0.260. The van der Waals surface area contributed by atoms with Crippen LogP contribution in [0, 0.1) is 13.8 Å². The fourth-order valence-electron chi connectivity index (χ4n) is 2.57. The number of thiazole rings is 1. The molecule has 0 bridgehead atoms. The van der Waals surface area contributed by atoms with Gasteiger partial charge in [0.25, 0.3) is 5.91 Å². The lowest BCUT2D eigenvalue weighted by molar-refractivity contribution is 0.102. The van der Waals surface area contributed by atoms with Gasteiger partial charge in [0.1, 0.15) is 11.5 Å². The summed E-state index contributed by atoms with van der Waals surface area (Å²) in [6.07, 6.45) is 0. The standard InChI is InChI=1S/C20H20N2O3S/c1-12-5-6-13(2)17(7-12)18-11-26-20(21-18)22-19(23)14-8-15(24-3)10-16(9-14)25-4/h5-11H,1-4H3,(H,21,22,23). The number of aromatic nitrogens is 1. The summed E-state index contributed by atoms with van der Waals surface area (Å²) in [5.41, 5.74) is 4.70. The van der Waals surface area contributed by atoms with Crippen molar-refractivity contribution in [1.82, 2.24) is 4.98 Å². The fourth-order valence-corrected chi connectivity index (χ4v) is 3.28. The van der Waals surface area contributed by atoms with E-state index in [-0.39, 0.29) is 5.91 Å². The molecular formula is C20H20N2O3S. The Balaban J connectivity index is 1.83. The van der Waals surface area contributed by atoms with Gasteiger partial charge in [0, 0.05) is 22.6 Å². The first-order valence-corrected chi connectivity index (χ1v) is 8.95. The lowest BCUT2D eigenvalue weighted by atomic mass is 10.0. The van der Waals surface area contributed by atoms with E-state index in [1.54, 1.807) is 32.4 Å². The molecule has 6 heteroatoms. The molecule has 5 nitrogen and oxygen atoms in total. The van der Waals surface area contributed by atoms with Gasteiger partial charge in [0.2, 0.25) is 0 Å². The van der Waals surface area contributed by atoms with Gasteiger partial charge in [-0.3, -0.25) is 10.1 Å². The second-order valence-corrected chi connectivity index (χ2v) is 6.77. The molecule has 3 aromatic rings. The molecule has 0 unspecified atom stereocenters. The molecule has 0 fully saturated rings. The molecule has 3 rings (SSSR count). The summed E-state index contributed by atoms with van der Waals surface area (Å²) in [5, 5.41) is 5.34. The third-order valence-corrected chi connectivity index (χ3v) is 4.77. The second kappa shape index (κ2) is 7.58. The van der Waals surface area contributed by atoms with Gasteiger partial charge in [-0.1, -0.05) is 17.7 Å². The van der Waals surface area contributed by atoms with Crippen LogP contribution in [0.3, 0.4) is 0 Å². The van der Waals surface area contributed by atoms with E-state index in [0.717, 1.165) is 16.8 Å². The minimum Gasteiger partial charge on any atom is -0.497 e. The molecule has 0 atom stereocenters. The van der Waals surface area contributed by atoms with Crippen LogP contribution < -0.4 is 14.8 Å². The van der Waals surface area contributed by atoms with Crippen LogP contribution in [0.2, 0.25) is 0 Å². The number of anilines is 1. The van der Waals surface area contributed by atoms with Gasteiger partial charge >= 0.3 is 0 Å². The quantitative estimate of drug-likeness (QED) is 0.709. The van der Waals surface area contributed by atoms with Crippen molar-refractivity contribution in [3.8, 4) is 22.8 Å². The molecule has 0 aliphatic heterocycles. The van der Waals surface area contributed by atoms with E-state index in [9.17, 15) is 4.79 Å². The number of methoxy groups -OCH3 is 2. The predicted octanol–water partition coefficient (Wildman–Crippen LogP) is 4.70. The molecule has 134 valence electrons. The van der Waals surface area contributed by atoms with Gasteiger partial charge in [-0.2, -0.15) is 0 Å². The maximum absolute atomic E-state index is 12.6. The summed E-state index contributed by atoms with van der Waals surface area (Å²) in [7, 11) is 3.10. The number of nitrogens with zero attached hydrogens (tertiary/aromatic N) is 1. The Hall–Kier alpha value is -2.86. The van der Waals surface area contributed by atoms with E-state index in [0.29, 0.717) is 22.2 Å². The number of rotatable bonds is 5. The van der Waals surface area contributed by atoms with E-state index in [2.05, 4.69) is 35.4 Å². The van der Waals surface area contributed by atoms with E-state index in [1.165, 1.54) is 16.9 Å². The third kappa shape index (κ3) is 3.86. The van der Waals surface area contributed by atoms with E-state index in [1.807, 2.05) is 12.3 Å². The molecule has 0 radical (unpaired) electrons. The van der Waals surface area contributed by atoms with Gasteiger partial charge in [0.15, 0.2) is 5.13 Å². The largest absolute Gasteiger partial charge is 0.497 e. The topological polar surface area (TPSA) is 60.5 Å². The van der Waals surface area contributed by atoms with Crippen molar-refractivity contribution < 1.29 is 14.3 Å². The summed E-state index contributed by atoms with van der Waals surface area (Å²) in [6, 6.07) is 11.3. The maximum Gasteiger partial charge on any atom is 0.257 e. The van der Waals surface area contributed by atoms with Crippen molar-refractivity contribution in [2.45, 2.75) is 13.8 Å². The SMILES string of the molecule is COc1cc(OC)cc(C(=O)Nc2nc(-c3cc(C)ccc3C)cs2)c1. The third-order valence-electron chi connectivity index (χ3n) is 4.01. The van der Waals surface area contributed by atoms with Crippen LogP contribution in [0.15, 0.2) is 41.8 Å². The zero-order valence-corrected chi connectivity index (χ0v) is 15.9.